The minimum atomic E-state index is 0.000103. The molecule has 2 saturated heterocycles. The highest BCUT2D eigenvalue weighted by atomic mass is 16.5. The van der Waals surface area contributed by atoms with E-state index < -0.39 is 0 Å². The molecular formula is C20H28N4O3. The molecule has 0 bridgehead atoms. The largest absolute Gasteiger partial charge is 0.481 e. The zero-order valence-electron chi connectivity index (χ0n) is 16.0. The lowest BCUT2D eigenvalue weighted by Gasteiger charge is -2.26. The van der Waals surface area contributed by atoms with Crippen molar-refractivity contribution in [1.82, 2.24) is 19.7 Å². The van der Waals surface area contributed by atoms with Gasteiger partial charge in [0.15, 0.2) is 0 Å². The first-order chi connectivity index (χ1) is 13.2. The lowest BCUT2D eigenvalue weighted by atomic mass is 10.2. The predicted molar refractivity (Wildman–Crippen MR) is 101 cm³/mol. The molecule has 1 aromatic heterocycles. The molecule has 0 spiro atoms. The lowest BCUT2D eigenvalue weighted by Crippen LogP contribution is -2.44. The number of hydrogen-bond acceptors (Lipinski definition) is 5. The van der Waals surface area contributed by atoms with E-state index >= 15 is 0 Å². The van der Waals surface area contributed by atoms with Crippen LogP contribution in [0.3, 0.4) is 0 Å². The summed E-state index contributed by atoms with van der Waals surface area (Å²) in [4.78, 5) is 35.9. The molecule has 3 heterocycles. The number of amides is 2. The van der Waals surface area contributed by atoms with Crippen molar-refractivity contribution in [2.75, 3.05) is 46.4 Å². The number of aromatic nitrogens is 1. The van der Waals surface area contributed by atoms with E-state index in [1.807, 2.05) is 4.90 Å². The minimum Gasteiger partial charge on any atom is -0.481 e. The second kappa shape index (κ2) is 7.84. The van der Waals surface area contributed by atoms with Gasteiger partial charge < -0.3 is 14.5 Å². The van der Waals surface area contributed by atoms with Gasteiger partial charge in [-0.2, -0.15) is 0 Å². The van der Waals surface area contributed by atoms with Gasteiger partial charge in [0.25, 0.3) is 5.91 Å². The number of carbonyl (C=O) groups excluding carboxylic acids is 2. The van der Waals surface area contributed by atoms with Crippen LogP contribution in [-0.2, 0) is 4.79 Å². The van der Waals surface area contributed by atoms with Crippen molar-refractivity contribution in [3.63, 3.8) is 0 Å². The van der Waals surface area contributed by atoms with E-state index in [1.165, 1.54) is 12.8 Å². The van der Waals surface area contributed by atoms with Gasteiger partial charge in [-0.1, -0.05) is 0 Å². The van der Waals surface area contributed by atoms with Crippen LogP contribution in [0.4, 0.5) is 0 Å². The fraction of sp³-hybridized carbons (Fsp3) is 0.650. The molecule has 1 unspecified atom stereocenters. The van der Waals surface area contributed by atoms with Crippen LogP contribution >= 0.6 is 0 Å². The number of rotatable bonds is 5. The van der Waals surface area contributed by atoms with Gasteiger partial charge in [0.1, 0.15) is 0 Å². The summed E-state index contributed by atoms with van der Waals surface area (Å²) in [5, 5.41) is 0. The number of methoxy groups -OCH3 is 1. The molecule has 1 saturated carbocycles. The van der Waals surface area contributed by atoms with Crippen molar-refractivity contribution in [2.45, 2.75) is 31.7 Å². The van der Waals surface area contributed by atoms with Crippen LogP contribution in [-0.4, -0.2) is 83.9 Å². The Bertz CT molecular complexity index is 689. The molecule has 27 heavy (non-hydrogen) atoms. The molecule has 2 aliphatic heterocycles. The van der Waals surface area contributed by atoms with Crippen molar-refractivity contribution in [2.24, 2.45) is 5.92 Å². The third-order valence-electron chi connectivity index (χ3n) is 5.90. The monoisotopic (exact) mass is 372 g/mol. The average Bonchev–Trinajstić information content (AvgIpc) is 3.48. The Morgan fingerprint density at radius 1 is 1.15 bits per heavy atom. The molecule has 0 radical (unpaired) electrons. The summed E-state index contributed by atoms with van der Waals surface area (Å²) in [6.07, 6.45) is 5.93. The summed E-state index contributed by atoms with van der Waals surface area (Å²) in [5.74, 6) is 1.54. The fourth-order valence-electron chi connectivity index (χ4n) is 4.12. The molecule has 3 fully saturated rings. The molecule has 146 valence electrons. The van der Waals surface area contributed by atoms with Gasteiger partial charge in [-0.05, 0) is 37.7 Å². The highest BCUT2D eigenvalue weighted by Gasteiger charge is 2.38. The molecule has 4 rings (SSSR count). The van der Waals surface area contributed by atoms with Crippen LogP contribution in [0.2, 0.25) is 0 Å². The second-order valence-corrected chi connectivity index (χ2v) is 7.80. The maximum Gasteiger partial charge on any atom is 0.255 e. The molecule has 1 aliphatic carbocycles. The maximum absolute atomic E-state index is 12.8. The van der Waals surface area contributed by atoms with Gasteiger partial charge in [-0.25, -0.2) is 4.98 Å². The van der Waals surface area contributed by atoms with Crippen molar-refractivity contribution in [1.29, 1.82) is 0 Å². The molecule has 7 heteroatoms. The number of nitrogens with zero attached hydrogens (tertiary/aromatic N) is 4. The van der Waals surface area contributed by atoms with E-state index in [0.29, 0.717) is 30.4 Å². The highest BCUT2D eigenvalue weighted by Crippen LogP contribution is 2.31. The van der Waals surface area contributed by atoms with Crippen molar-refractivity contribution >= 4 is 11.8 Å². The maximum atomic E-state index is 12.8. The number of likely N-dealkylation sites (tertiary alicyclic amines) is 1. The fourth-order valence-corrected chi connectivity index (χ4v) is 4.12. The highest BCUT2D eigenvalue weighted by molar-refractivity contribution is 5.94. The molecular weight excluding hydrogens is 344 g/mol. The number of pyridine rings is 1. The predicted octanol–water partition coefficient (Wildman–Crippen LogP) is 1.25. The topological polar surface area (TPSA) is 66.0 Å². The molecule has 2 amide bonds. The molecule has 1 aromatic rings. The van der Waals surface area contributed by atoms with Crippen LogP contribution in [0, 0.1) is 5.92 Å². The zero-order chi connectivity index (χ0) is 18.8. The van der Waals surface area contributed by atoms with E-state index in [1.54, 1.807) is 25.4 Å². The second-order valence-electron chi connectivity index (χ2n) is 7.80. The molecule has 1 atom stereocenters. The van der Waals surface area contributed by atoms with E-state index in [4.69, 9.17) is 4.74 Å². The number of carbonyl (C=O) groups is 2. The molecule has 0 aromatic carbocycles. The first-order valence-corrected chi connectivity index (χ1v) is 9.98. The smallest absolute Gasteiger partial charge is 0.255 e. The summed E-state index contributed by atoms with van der Waals surface area (Å²) >= 11 is 0. The van der Waals surface area contributed by atoms with Crippen LogP contribution in [0.25, 0.3) is 0 Å². The average molecular weight is 372 g/mol. The minimum absolute atomic E-state index is 0.000103. The molecule has 7 nitrogen and oxygen atoms in total. The molecule has 3 aliphatic rings. The summed E-state index contributed by atoms with van der Waals surface area (Å²) < 4.78 is 5.05. The number of hydrogen-bond donors (Lipinski definition) is 0. The standard InChI is InChI=1S/C20H28N4O3/c1-27-18-6-5-16(13-21-18)19(25)23-9-2-8-22(11-12-23)17-7-10-24(20(17)26)14-15-3-4-15/h5-6,13,15,17H,2-4,7-12,14H2,1H3. The van der Waals surface area contributed by atoms with Crippen molar-refractivity contribution in [3.8, 4) is 5.88 Å². The first kappa shape index (κ1) is 18.2. The van der Waals surface area contributed by atoms with E-state index in [-0.39, 0.29) is 11.9 Å². The Hall–Kier alpha value is -2.15. The quantitative estimate of drug-likeness (QED) is 0.778. The lowest BCUT2D eigenvalue weighted by molar-refractivity contribution is -0.132. The normalized spacial score (nSPS) is 24.2. The summed E-state index contributed by atoms with van der Waals surface area (Å²) in [6, 6.07) is 3.47. The Kier molecular flexibility index (Phi) is 5.29. The van der Waals surface area contributed by atoms with Gasteiger partial charge in [0.05, 0.1) is 18.7 Å². The van der Waals surface area contributed by atoms with Gasteiger partial charge in [-0.15, -0.1) is 0 Å². The van der Waals surface area contributed by atoms with Crippen LogP contribution in [0.5, 0.6) is 5.88 Å². The van der Waals surface area contributed by atoms with E-state index in [0.717, 1.165) is 44.9 Å². The van der Waals surface area contributed by atoms with Gasteiger partial charge in [0, 0.05) is 51.5 Å². The molecule has 0 N–H and O–H groups in total. The summed E-state index contributed by atoms with van der Waals surface area (Å²) in [7, 11) is 1.56. The van der Waals surface area contributed by atoms with Crippen molar-refractivity contribution < 1.29 is 14.3 Å². The van der Waals surface area contributed by atoms with E-state index in [2.05, 4.69) is 14.8 Å². The SMILES string of the molecule is COc1ccc(C(=O)N2CCCN(C3CCN(CC4CC4)C3=O)CC2)cn1. The Morgan fingerprint density at radius 3 is 2.70 bits per heavy atom. The van der Waals surface area contributed by atoms with Gasteiger partial charge in [0.2, 0.25) is 11.8 Å². The zero-order valence-corrected chi connectivity index (χ0v) is 16.0. The first-order valence-electron chi connectivity index (χ1n) is 9.98. The third-order valence-corrected chi connectivity index (χ3v) is 5.90. The summed E-state index contributed by atoms with van der Waals surface area (Å²) in [6.45, 7) is 4.82. The van der Waals surface area contributed by atoms with Crippen LogP contribution in [0.15, 0.2) is 18.3 Å². The van der Waals surface area contributed by atoms with Crippen LogP contribution in [0.1, 0.15) is 36.0 Å². The Balaban J connectivity index is 1.34. The summed E-state index contributed by atoms with van der Waals surface area (Å²) in [5.41, 5.74) is 0.580. The van der Waals surface area contributed by atoms with Gasteiger partial charge >= 0.3 is 0 Å². The van der Waals surface area contributed by atoms with Crippen LogP contribution < -0.4 is 4.74 Å². The Morgan fingerprint density at radius 2 is 2.00 bits per heavy atom. The third kappa shape index (κ3) is 4.08. The number of ether oxygens (including phenoxy) is 1. The van der Waals surface area contributed by atoms with E-state index in [9.17, 15) is 9.59 Å². The van der Waals surface area contributed by atoms with Gasteiger partial charge in [-0.3, -0.25) is 14.5 Å². The van der Waals surface area contributed by atoms with Crippen molar-refractivity contribution in [3.05, 3.63) is 23.9 Å². The Labute approximate surface area is 160 Å².